The van der Waals surface area contributed by atoms with Crippen molar-refractivity contribution in [2.45, 2.75) is 31.1 Å². The van der Waals surface area contributed by atoms with Gasteiger partial charge in [0.2, 0.25) is 10.0 Å². The summed E-state index contributed by atoms with van der Waals surface area (Å²) in [7, 11) is -3.60. The summed E-state index contributed by atoms with van der Waals surface area (Å²) in [5.74, 6) is 0.409. The molecule has 2 unspecified atom stereocenters. The maximum Gasteiger partial charge on any atom is 0.242 e. The summed E-state index contributed by atoms with van der Waals surface area (Å²) in [6.07, 6.45) is 2.97. The van der Waals surface area contributed by atoms with Gasteiger partial charge in [0, 0.05) is 13.2 Å². The van der Waals surface area contributed by atoms with Gasteiger partial charge in [0.05, 0.1) is 5.69 Å². The predicted octanol–water partition coefficient (Wildman–Crippen LogP) is 1.26. The van der Waals surface area contributed by atoms with Crippen molar-refractivity contribution in [2.75, 3.05) is 18.9 Å². The summed E-state index contributed by atoms with van der Waals surface area (Å²) in [5.41, 5.74) is 6.69. The maximum absolute atomic E-state index is 12.4. The molecular formula is C14H22N2O3S. The number of hydrogen-bond donors (Lipinski definition) is 3. The first-order valence-electron chi connectivity index (χ1n) is 6.91. The van der Waals surface area contributed by atoms with Crippen LogP contribution in [0.2, 0.25) is 0 Å². The topological polar surface area (TPSA) is 92.4 Å². The van der Waals surface area contributed by atoms with Crippen LogP contribution in [0, 0.1) is 18.8 Å². The Hall–Kier alpha value is -1.11. The highest BCUT2D eigenvalue weighted by atomic mass is 32.2. The fraction of sp³-hybridized carbons (Fsp3) is 0.571. The summed E-state index contributed by atoms with van der Waals surface area (Å²) in [4.78, 5) is 0.165. The van der Waals surface area contributed by atoms with Gasteiger partial charge in [0.15, 0.2) is 0 Å². The Kier molecular flexibility index (Phi) is 4.67. The van der Waals surface area contributed by atoms with Crippen molar-refractivity contribution in [3.05, 3.63) is 23.8 Å². The Morgan fingerprint density at radius 1 is 1.35 bits per heavy atom. The molecular weight excluding hydrogens is 276 g/mol. The second kappa shape index (κ2) is 6.11. The number of aliphatic hydroxyl groups excluding tert-OH is 1. The van der Waals surface area contributed by atoms with Crippen LogP contribution in [0.25, 0.3) is 0 Å². The number of nitrogens with one attached hydrogen (secondary N) is 1. The van der Waals surface area contributed by atoms with Crippen molar-refractivity contribution < 1.29 is 13.5 Å². The second-order valence-corrected chi connectivity index (χ2v) is 7.18. The maximum atomic E-state index is 12.4. The summed E-state index contributed by atoms with van der Waals surface area (Å²) < 4.78 is 27.4. The molecule has 6 heteroatoms. The Balaban J connectivity index is 2.12. The lowest BCUT2D eigenvalue weighted by molar-refractivity contribution is 0.195. The van der Waals surface area contributed by atoms with E-state index in [9.17, 15) is 13.5 Å². The van der Waals surface area contributed by atoms with Crippen LogP contribution in [0.15, 0.2) is 23.1 Å². The van der Waals surface area contributed by atoms with Crippen molar-refractivity contribution in [3.8, 4) is 0 Å². The largest absolute Gasteiger partial charge is 0.398 e. The normalized spacial score (nSPS) is 23.1. The van der Waals surface area contributed by atoms with E-state index in [0.29, 0.717) is 12.1 Å². The van der Waals surface area contributed by atoms with E-state index in [1.165, 1.54) is 0 Å². The monoisotopic (exact) mass is 298 g/mol. The lowest BCUT2D eigenvalue weighted by atomic mass is 9.97. The van der Waals surface area contributed by atoms with E-state index in [-0.39, 0.29) is 29.0 Å². The SMILES string of the molecule is Cc1cccc(N)c1S(=O)(=O)NCC1CCCC1CO. The Morgan fingerprint density at radius 3 is 2.70 bits per heavy atom. The minimum absolute atomic E-state index is 0.124. The quantitative estimate of drug-likeness (QED) is 0.714. The van der Waals surface area contributed by atoms with E-state index in [0.717, 1.165) is 19.3 Å². The van der Waals surface area contributed by atoms with E-state index in [1.54, 1.807) is 25.1 Å². The van der Waals surface area contributed by atoms with E-state index in [2.05, 4.69) is 4.72 Å². The van der Waals surface area contributed by atoms with Gasteiger partial charge in [-0.15, -0.1) is 0 Å². The Labute approximate surface area is 120 Å². The van der Waals surface area contributed by atoms with Gasteiger partial charge in [-0.2, -0.15) is 0 Å². The average Bonchev–Trinajstić information content (AvgIpc) is 2.83. The first-order valence-corrected chi connectivity index (χ1v) is 8.39. The van der Waals surface area contributed by atoms with Crippen molar-refractivity contribution in [1.82, 2.24) is 4.72 Å². The van der Waals surface area contributed by atoms with Crippen LogP contribution in [0.3, 0.4) is 0 Å². The standard InChI is InChI=1S/C14H22N2O3S/c1-10-4-2-7-13(15)14(10)20(18,19)16-8-11-5-3-6-12(11)9-17/h2,4,7,11-12,16-17H,3,5-6,8-9,15H2,1H3. The molecule has 1 aliphatic carbocycles. The molecule has 0 saturated heterocycles. The van der Waals surface area contributed by atoms with Crippen molar-refractivity contribution in [3.63, 3.8) is 0 Å². The highest BCUT2D eigenvalue weighted by Gasteiger charge is 2.28. The number of sulfonamides is 1. The molecule has 2 atom stereocenters. The minimum Gasteiger partial charge on any atom is -0.398 e. The molecule has 20 heavy (non-hydrogen) atoms. The van der Waals surface area contributed by atoms with Crippen LogP contribution in [0.1, 0.15) is 24.8 Å². The number of nitrogen functional groups attached to an aromatic ring is 1. The van der Waals surface area contributed by atoms with Crippen LogP contribution in [-0.2, 0) is 10.0 Å². The third kappa shape index (κ3) is 3.13. The molecule has 5 nitrogen and oxygen atoms in total. The predicted molar refractivity (Wildman–Crippen MR) is 78.7 cm³/mol. The summed E-state index contributed by atoms with van der Waals surface area (Å²) in [6, 6.07) is 5.06. The number of aryl methyl sites for hydroxylation is 1. The van der Waals surface area contributed by atoms with Gasteiger partial charge in [0.1, 0.15) is 4.90 Å². The van der Waals surface area contributed by atoms with Crippen LogP contribution in [-0.4, -0.2) is 26.7 Å². The van der Waals surface area contributed by atoms with Crippen LogP contribution in [0.4, 0.5) is 5.69 Å². The van der Waals surface area contributed by atoms with Gasteiger partial charge in [-0.3, -0.25) is 0 Å². The summed E-state index contributed by atoms with van der Waals surface area (Å²) in [5, 5.41) is 9.27. The fourth-order valence-electron chi connectivity index (χ4n) is 2.95. The highest BCUT2D eigenvalue weighted by Crippen LogP contribution is 2.31. The van der Waals surface area contributed by atoms with Gasteiger partial charge in [-0.1, -0.05) is 18.6 Å². The molecule has 0 aliphatic heterocycles. The molecule has 1 aromatic carbocycles. The zero-order chi connectivity index (χ0) is 14.8. The number of nitrogens with two attached hydrogens (primary N) is 1. The molecule has 0 aromatic heterocycles. The number of rotatable bonds is 5. The average molecular weight is 298 g/mol. The summed E-state index contributed by atoms with van der Waals surface area (Å²) in [6.45, 7) is 2.22. The van der Waals surface area contributed by atoms with E-state index < -0.39 is 10.0 Å². The second-order valence-electron chi connectivity index (χ2n) is 5.48. The highest BCUT2D eigenvalue weighted by molar-refractivity contribution is 7.89. The Morgan fingerprint density at radius 2 is 2.05 bits per heavy atom. The molecule has 0 radical (unpaired) electrons. The van der Waals surface area contributed by atoms with Crippen LogP contribution in [0.5, 0.6) is 0 Å². The molecule has 4 N–H and O–H groups in total. The lowest BCUT2D eigenvalue weighted by Crippen LogP contribution is -2.32. The molecule has 1 aliphatic rings. The van der Waals surface area contributed by atoms with E-state index in [4.69, 9.17) is 5.73 Å². The van der Waals surface area contributed by atoms with Gasteiger partial charge in [-0.05, 0) is 43.2 Å². The molecule has 2 rings (SSSR count). The number of aliphatic hydroxyl groups is 1. The first kappa shape index (κ1) is 15.3. The molecule has 112 valence electrons. The molecule has 0 bridgehead atoms. The van der Waals surface area contributed by atoms with Crippen LogP contribution < -0.4 is 10.5 Å². The van der Waals surface area contributed by atoms with Crippen LogP contribution >= 0.6 is 0 Å². The molecule has 0 spiro atoms. The van der Waals surface area contributed by atoms with Crippen molar-refractivity contribution in [2.24, 2.45) is 11.8 Å². The van der Waals surface area contributed by atoms with Crippen molar-refractivity contribution in [1.29, 1.82) is 0 Å². The van der Waals surface area contributed by atoms with Gasteiger partial charge < -0.3 is 10.8 Å². The number of anilines is 1. The van der Waals surface area contributed by atoms with E-state index >= 15 is 0 Å². The van der Waals surface area contributed by atoms with E-state index in [1.807, 2.05) is 0 Å². The fourth-order valence-corrected chi connectivity index (χ4v) is 4.40. The van der Waals surface area contributed by atoms with Gasteiger partial charge in [-0.25, -0.2) is 13.1 Å². The molecule has 1 aromatic rings. The summed E-state index contributed by atoms with van der Waals surface area (Å²) >= 11 is 0. The molecule has 1 fully saturated rings. The van der Waals surface area contributed by atoms with Crippen molar-refractivity contribution >= 4 is 15.7 Å². The Bertz CT molecular complexity index is 552. The third-order valence-corrected chi connectivity index (χ3v) is 5.74. The zero-order valence-electron chi connectivity index (χ0n) is 11.7. The zero-order valence-corrected chi connectivity index (χ0v) is 12.5. The molecule has 0 heterocycles. The molecule has 0 amide bonds. The van der Waals surface area contributed by atoms with Gasteiger partial charge in [0.25, 0.3) is 0 Å². The lowest BCUT2D eigenvalue weighted by Gasteiger charge is -2.18. The smallest absolute Gasteiger partial charge is 0.242 e. The third-order valence-electron chi connectivity index (χ3n) is 4.10. The van der Waals surface area contributed by atoms with Gasteiger partial charge >= 0.3 is 0 Å². The number of hydrogen-bond acceptors (Lipinski definition) is 4. The first-order chi connectivity index (χ1) is 9.45. The minimum atomic E-state index is -3.60. The molecule has 1 saturated carbocycles. The number of benzene rings is 1.